The molecule has 1 aliphatic rings. The number of hydrogen-bond acceptors (Lipinski definition) is 5. The van der Waals surface area contributed by atoms with Crippen molar-refractivity contribution in [2.75, 3.05) is 25.0 Å². The third kappa shape index (κ3) is 5.45. The second kappa shape index (κ2) is 10.8. The third-order valence-electron chi connectivity index (χ3n) is 5.66. The number of hydrogen-bond donors (Lipinski definition) is 3. The molecule has 0 radical (unpaired) electrons. The number of carbonyl (C=O) groups excluding carboxylic acids is 3. The number of amides is 3. The minimum absolute atomic E-state index is 0.00305. The Kier molecular flexibility index (Phi) is 7.59. The maximum atomic E-state index is 12.7. The Morgan fingerprint density at radius 1 is 1.09 bits per heavy atom. The highest BCUT2D eigenvalue weighted by atomic mass is 79.9. The quantitative estimate of drug-likeness (QED) is 0.436. The SMILES string of the molecule is O=C(Nc1[nH]nc(C(=O)NCC2CCN(C(=O)c3ccncc3)CC2)c1Br)c1ccccc1Cl. The molecular formula is C23H22BrClN6O3. The number of nitrogens with zero attached hydrogens (tertiary/aromatic N) is 3. The number of halogens is 2. The lowest BCUT2D eigenvalue weighted by atomic mass is 9.96. The Morgan fingerprint density at radius 2 is 1.79 bits per heavy atom. The van der Waals surface area contributed by atoms with Crippen LogP contribution in [-0.2, 0) is 0 Å². The van der Waals surface area contributed by atoms with E-state index in [9.17, 15) is 14.4 Å². The standard InChI is InChI=1S/C23H22BrClN6O3/c24-18-19(29-30-20(18)28-21(32)16-3-1-2-4-17(16)25)22(33)27-13-14-7-11-31(12-8-14)23(34)15-5-9-26-10-6-15/h1-6,9-10,14H,7-8,11-13H2,(H,27,33)(H2,28,29,30,32). The summed E-state index contributed by atoms with van der Waals surface area (Å²) in [5.41, 5.74) is 1.08. The van der Waals surface area contributed by atoms with E-state index in [1.807, 2.05) is 4.90 Å². The first kappa shape index (κ1) is 23.9. The lowest BCUT2D eigenvalue weighted by Gasteiger charge is -2.32. The van der Waals surface area contributed by atoms with Crippen LogP contribution in [-0.4, -0.2) is 57.4 Å². The molecule has 3 amide bonds. The number of pyridine rings is 1. The maximum absolute atomic E-state index is 12.7. The fourth-order valence-electron chi connectivity index (χ4n) is 3.73. The monoisotopic (exact) mass is 544 g/mol. The summed E-state index contributed by atoms with van der Waals surface area (Å²) in [5.74, 6) is -0.274. The number of H-pyrrole nitrogens is 1. The minimum atomic E-state index is -0.421. The molecule has 3 N–H and O–H groups in total. The molecule has 1 aliphatic heterocycles. The number of anilines is 1. The van der Waals surface area contributed by atoms with Gasteiger partial charge in [0, 0.05) is 37.6 Å². The van der Waals surface area contributed by atoms with Crippen LogP contribution in [0.5, 0.6) is 0 Å². The summed E-state index contributed by atoms with van der Waals surface area (Å²) >= 11 is 9.40. The number of likely N-dealkylation sites (tertiary alicyclic amines) is 1. The zero-order chi connectivity index (χ0) is 24.1. The van der Waals surface area contributed by atoms with E-state index in [-0.39, 0.29) is 29.2 Å². The van der Waals surface area contributed by atoms with Crippen molar-refractivity contribution in [2.24, 2.45) is 5.92 Å². The van der Waals surface area contributed by atoms with Crippen molar-refractivity contribution in [2.45, 2.75) is 12.8 Å². The smallest absolute Gasteiger partial charge is 0.273 e. The lowest BCUT2D eigenvalue weighted by molar-refractivity contribution is 0.0684. The fourth-order valence-corrected chi connectivity index (χ4v) is 4.40. The van der Waals surface area contributed by atoms with Gasteiger partial charge in [0.1, 0.15) is 5.82 Å². The van der Waals surface area contributed by atoms with Gasteiger partial charge in [0.25, 0.3) is 17.7 Å². The number of aromatic amines is 1. The maximum Gasteiger partial charge on any atom is 0.273 e. The van der Waals surface area contributed by atoms with E-state index in [1.165, 1.54) is 0 Å². The number of carbonyl (C=O) groups is 3. The summed E-state index contributed by atoms with van der Waals surface area (Å²) in [5, 5.41) is 12.6. The molecule has 11 heteroatoms. The van der Waals surface area contributed by atoms with E-state index in [2.05, 4.69) is 41.7 Å². The number of benzene rings is 1. The Morgan fingerprint density at radius 3 is 2.50 bits per heavy atom. The van der Waals surface area contributed by atoms with E-state index in [1.54, 1.807) is 48.8 Å². The zero-order valence-corrected chi connectivity index (χ0v) is 20.4. The van der Waals surface area contributed by atoms with Crippen LogP contribution in [0.25, 0.3) is 0 Å². The van der Waals surface area contributed by atoms with Gasteiger partial charge in [-0.25, -0.2) is 0 Å². The highest BCUT2D eigenvalue weighted by Crippen LogP contribution is 2.26. The first-order valence-electron chi connectivity index (χ1n) is 10.7. The average Bonchev–Trinajstić information content (AvgIpc) is 3.23. The molecule has 0 spiro atoms. The summed E-state index contributed by atoms with van der Waals surface area (Å²) in [6.07, 6.45) is 4.79. The molecule has 0 saturated carbocycles. The molecule has 1 fully saturated rings. The second-order valence-corrected chi connectivity index (χ2v) is 9.08. The first-order valence-corrected chi connectivity index (χ1v) is 11.9. The normalized spacial score (nSPS) is 14.0. The molecule has 4 rings (SSSR count). The Balaban J connectivity index is 1.28. The molecule has 2 aromatic heterocycles. The summed E-state index contributed by atoms with van der Waals surface area (Å²) in [6.45, 7) is 1.73. The number of piperidine rings is 1. The molecule has 34 heavy (non-hydrogen) atoms. The van der Waals surface area contributed by atoms with E-state index < -0.39 is 5.91 Å². The molecule has 9 nitrogen and oxygen atoms in total. The average molecular weight is 546 g/mol. The molecule has 0 atom stereocenters. The van der Waals surface area contributed by atoms with Crippen molar-refractivity contribution in [3.63, 3.8) is 0 Å². The number of aromatic nitrogens is 3. The second-order valence-electron chi connectivity index (χ2n) is 7.88. The van der Waals surface area contributed by atoms with E-state index in [4.69, 9.17) is 11.6 Å². The number of nitrogens with one attached hydrogen (secondary N) is 3. The molecule has 176 valence electrons. The van der Waals surface area contributed by atoms with Crippen molar-refractivity contribution in [3.8, 4) is 0 Å². The third-order valence-corrected chi connectivity index (χ3v) is 6.76. The Labute approximate surface area is 209 Å². The van der Waals surface area contributed by atoms with Crippen LogP contribution >= 0.6 is 27.5 Å². The summed E-state index contributed by atoms with van der Waals surface area (Å²) in [4.78, 5) is 43.5. The molecule has 0 aliphatic carbocycles. The van der Waals surface area contributed by atoms with Crippen LogP contribution in [0, 0.1) is 5.92 Å². The van der Waals surface area contributed by atoms with Gasteiger partial charge in [0.05, 0.1) is 15.1 Å². The fraction of sp³-hybridized carbons (Fsp3) is 0.261. The predicted octanol–water partition coefficient (Wildman–Crippen LogP) is 3.76. The topological polar surface area (TPSA) is 120 Å². The summed E-state index contributed by atoms with van der Waals surface area (Å²) < 4.78 is 0.350. The van der Waals surface area contributed by atoms with Crippen LogP contribution in [0.15, 0.2) is 53.3 Å². The van der Waals surface area contributed by atoms with Gasteiger partial charge in [-0.05, 0) is 59.0 Å². The zero-order valence-electron chi connectivity index (χ0n) is 18.1. The van der Waals surface area contributed by atoms with Gasteiger partial charge in [0.2, 0.25) is 0 Å². The molecule has 3 aromatic rings. The highest BCUT2D eigenvalue weighted by molar-refractivity contribution is 9.10. The molecular weight excluding hydrogens is 524 g/mol. The van der Waals surface area contributed by atoms with Crippen LogP contribution in [0.1, 0.15) is 44.0 Å². The van der Waals surface area contributed by atoms with Crippen LogP contribution < -0.4 is 10.6 Å². The highest BCUT2D eigenvalue weighted by Gasteiger charge is 2.25. The van der Waals surface area contributed by atoms with Gasteiger partial charge in [0.15, 0.2) is 5.69 Å². The van der Waals surface area contributed by atoms with E-state index in [0.717, 1.165) is 12.8 Å². The van der Waals surface area contributed by atoms with Gasteiger partial charge in [-0.15, -0.1) is 0 Å². The van der Waals surface area contributed by atoms with E-state index in [0.29, 0.717) is 40.3 Å². The summed E-state index contributed by atoms with van der Waals surface area (Å²) in [7, 11) is 0. The van der Waals surface area contributed by atoms with Gasteiger partial charge < -0.3 is 15.5 Å². The minimum Gasteiger partial charge on any atom is -0.350 e. The van der Waals surface area contributed by atoms with Crippen molar-refractivity contribution in [1.82, 2.24) is 25.4 Å². The first-order chi connectivity index (χ1) is 16.4. The van der Waals surface area contributed by atoms with Crippen LogP contribution in [0.2, 0.25) is 5.02 Å². The molecule has 0 unspecified atom stereocenters. The van der Waals surface area contributed by atoms with Gasteiger partial charge >= 0.3 is 0 Å². The predicted molar refractivity (Wildman–Crippen MR) is 131 cm³/mol. The van der Waals surface area contributed by atoms with Gasteiger partial charge in [-0.2, -0.15) is 5.10 Å². The van der Waals surface area contributed by atoms with E-state index >= 15 is 0 Å². The Hall–Kier alpha value is -3.24. The lowest BCUT2D eigenvalue weighted by Crippen LogP contribution is -2.41. The largest absolute Gasteiger partial charge is 0.350 e. The van der Waals surface area contributed by atoms with Crippen molar-refractivity contribution in [3.05, 3.63) is 75.1 Å². The molecule has 0 bridgehead atoms. The van der Waals surface area contributed by atoms with Crippen LogP contribution in [0.4, 0.5) is 5.82 Å². The Bertz CT molecular complexity index is 1190. The van der Waals surface area contributed by atoms with Crippen molar-refractivity contribution < 1.29 is 14.4 Å². The summed E-state index contributed by atoms with van der Waals surface area (Å²) in [6, 6.07) is 10.1. The van der Waals surface area contributed by atoms with Crippen LogP contribution in [0.3, 0.4) is 0 Å². The van der Waals surface area contributed by atoms with Gasteiger partial charge in [-0.1, -0.05) is 23.7 Å². The number of rotatable bonds is 6. The molecule has 3 heterocycles. The molecule has 1 aromatic carbocycles. The van der Waals surface area contributed by atoms with Crippen molar-refractivity contribution in [1.29, 1.82) is 0 Å². The molecule has 1 saturated heterocycles. The van der Waals surface area contributed by atoms with Crippen molar-refractivity contribution >= 4 is 51.1 Å². The van der Waals surface area contributed by atoms with Gasteiger partial charge in [-0.3, -0.25) is 24.5 Å².